The number of thiazole rings is 1. The number of anilines is 1. The molecule has 2 N–H and O–H groups in total. The van der Waals surface area contributed by atoms with Gasteiger partial charge < -0.3 is 10.0 Å². The lowest BCUT2D eigenvalue weighted by Gasteiger charge is -2.19. The third kappa shape index (κ3) is 2.95. The Morgan fingerprint density at radius 2 is 2.00 bits per heavy atom. The number of aliphatic hydroxyl groups is 1. The van der Waals surface area contributed by atoms with E-state index in [0.717, 1.165) is 10.6 Å². The predicted octanol–water partition coefficient (Wildman–Crippen LogP) is 5.94. The fourth-order valence-electron chi connectivity index (χ4n) is 2.60. The normalized spacial score (nSPS) is 14.6. The van der Waals surface area contributed by atoms with Crippen molar-refractivity contribution in [1.82, 2.24) is 4.98 Å². The molecule has 4 nitrogen and oxygen atoms in total. The Bertz CT molecular complexity index is 995. The average Bonchev–Trinajstić information content (AvgIpc) is 3.30. The fraction of sp³-hybridized carbons (Fsp3) is 0.0588. The van der Waals surface area contributed by atoms with Gasteiger partial charge in [-0.3, -0.25) is 5.41 Å². The van der Waals surface area contributed by atoms with Crippen molar-refractivity contribution in [3.8, 4) is 10.6 Å². The van der Waals surface area contributed by atoms with Crippen molar-refractivity contribution >= 4 is 63.0 Å². The molecule has 0 saturated heterocycles. The summed E-state index contributed by atoms with van der Waals surface area (Å²) in [7, 11) is 0. The number of rotatable bonds is 3. The molecule has 0 fully saturated rings. The molecule has 0 bridgehead atoms. The van der Waals surface area contributed by atoms with E-state index in [0.29, 0.717) is 26.3 Å². The minimum atomic E-state index is 0.128. The standard InChI is InChI=1S/C17H11Cl2N3OS2/c18-10-4-3-9(6-11(10)19)22-7-13(23)15(16(22)20)17-21-12(8-25-17)14-2-1-5-24-14/h1-6,8,20,23H,7H2. The molecule has 0 radical (unpaired) electrons. The lowest BCUT2D eigenvalue weighted by molar-refractivity contribution is 0.411. The van der Waals surface area contributed by atoms with E-state index < -0.39 is 0 Å². The number of aliphatic hydroxyl groups excluding tert-OH is 1. The molecule has 0 unspecified atom stereocenters. The van der Waals surface area contributed by atoms with Crippen molar-refractivity contribution in [2.75, 3.05) is 11.4 Å². The van der Waals surface area contributed by atoms with Crippen molar-refractivity contribution < 1.29 is 5.11 Å². The number of halogens is 2. The molecular weight excluding hydrogens is 397 g/mol. The number of thiophene rings is 1. The van der Waals surface area contributed by atoms with Crippen LogP contribution in [0.2, 0.25) is 10.0 Å². The van der Waals surface area contributed by atoms with E-state index in [9.17, 15) is 5.11 Å². The van der Waals surface area contributed by atoms with Crippen LogP contribution in [-0.4, -0.2) is 22.5 Å². The van der Waals surface area contributed by atoms with Gasteiger partial charge in [-0.05, 0) is 29.6 Å². The lowest BCUT2D eigenvalue weighted by atomic mass is 10.2. The molecule has 0 spiro atoms. The number of amidine groups is 1. The second-order valence-corrected chi connectivity index (χ2v) is 7.99. The summed E-state index contributed by atoms with van der Waals surface area (Å²) in [5, 5.41) is 24.3. The van der Waals surface area contributed by atoms with Crippen molar-refractivity contribution in [2.45, 2.75) is 0 Å². The highest BCUT2D eigenvalue weighted by atomic mass is 35.5. The van der Waals surface area contributed by atoms with Crippen LogP contribution < -0.4 is 4.90 Å². The lowest BCUT2D eigenvalue weighted by Crippen LogP contribution is -2.25. The molecule has 0 aliphatic carbocycles. The topological polar surface area (TPSA) is 60.2 Å². The third-order valence-corrected chi connectivity index (χ3v) is 6.30. The molecular formula is C17H11Cl2N3OS2. The Labute approximate surface area is 162 Å². The van der Waals surface area contributed by atoms with E-state index in [1.807, 2.05) is 22.9 Å². The second-order valence-electron chi connectivity index (χ2n) is 5.37. The van der Waals surface area contributed by atoms with Crippen LogP contribution in [0.25, 0.3) is 16.1 Å². The van der Waals surface area contributed by atoms with Crippen LogP contribution in [0, 0.1) is 5.41 Å². The smallest absolute Gasteiger partial charge is 0.139 e. The van der Waals surface area contributed by atoms with Gasteiger partial charge in [0, 0.05) is 11.1 Å². The maximum atomic E-state index is 10.4. The Morgan fingerprint density at radius 1 is 1.16 bits per heavy atom. The number of nitrogens with zero attached hydrogens (tertiary/aromatic N) is 2. The quantitative estimate of drug-likeness (QED) is 0.564. The summed E-state index contributed by atoms with van der Waals surface area (Å²) in [4.78, 5) is 7.33. The number of hydrogen-bond acceptors (Lipinski definition) is 5. The number of aromatic nitrogens is 1. The van der Waals surface area contributed by atoms with Crippen LogP contribution >= 0.6 is 45.9 Å². The summed E-state index contributed by atoms with van der Waals surface area (Å²) in [5.41, 5.74) is 2.02. The summed E-state index contributed by atoms with van der Waals surface area (Å²) in [5.74, 6) is 0.325. The molecule has 1 aliphatic rings. The summed E-state index contributed by atoms with van der Waals surface area (Å²) >= 11 is 15.1. The monoisotopic (exact) mass is 407 g/mol. The number of nitrogens with one attached hydrogen (secondary N) is 1. The van der Waals surface area contributed by atoms with Crippen LogP contribution in [-0.2, 0) is 0 Å². The molecule has 3 aromatic rings. The maximum absolute atomic E-state index is 10.4. The highest BCUT2D eigenvalue weighted by Gasteiger charge is 2.31. The molecule has 126 valence electrons. The zero-order chi connectivity index (χ0) is 17.6. The van der Waals surface area contributed by atoms with Crippen molar-refractivity contribution in [3.05, 3.63) is 61.9 Å². The van der Waals surface area contributed by atoms with Gasteiger partial charge in [0.25, 0.3) is 0 Å². The molecule has 1 aromatic carbocycles. The van der Waals surface area contributed by atoms with E-state index >= 15 is 0 Å². The van der Waals surface area contributed by atoms with Gasteiger partial charge >= 0.3 is 0 Å². The van der Waals surface area contributed by atoms with Gasteiger partial charge in [0.15, 0.2) is 0 Å². The van der Waals surface area contributed by atoms with Crippen LogP contribution in [0.4, 0.5) is 5.69 Å². The summed E-state index contributed by atoms with van der Waals surface area (Å²) in [6, 6.07) is 9.12. The Kier molecular flexibility index (Phi) is 4.29. The molecule has 2 aromatic heterocycles. The van der Waals surface area contributed by atoms with Gasteiger partial charge in [-0.15, -0.1) is 22.7 Å². The zero-order valence-corrected chi connectivity index (χ0v) is 15.8. The maximum Gasteiger partial charge on any atom is 0.139 e. The third-order valence-electron chi connectivity index (χ3n) is 3.81. The van der Waals surface area contributed by atoms with Gasteiger partial charge in [0.1, 0.15) is 16.6 Å². The summed E-state index contributed by atoms with van der Waals surface area (Å²) in [6.45, 7) is 0.208. The minimum Gasteiger partial charge on any atom is -0.510 e. The first-order chi connectivity index (χ1) is 12.0. The molecule has 0 saturated carbocycles. The van der Waals surface area contributed by atoms with Gasteiger partial charge in [-0.25, -0.2) is 4.98 Å². The first kappa shape index (κ1) is 16.6. The van der Waals surface area contributed by atoms with Crippen molar-refractivity contribution in [1.29, 1.82) is 5.41 Å². The number of hydrogen-bond donors (Lipinski definition) is 2. The summed E-state index contributed by atoms with van der Waals surface area (Å²) in [6.07, 6.45) is 0. The van der Waals surface area contributed by atoms with E-state index in [1.165, 1.54) is 11.3 Å². The Morgan fingerprint density at radius 3 is 2.72 bits per heavy atom. The summed E-state index contributed by atoms with van der Waals surface area (Å²) < 4.78 is 0. The van der Waals surface area contributed by atoms with Gasteiger partial charge in [-0.2, -0.15) is 0 Å². The fourth-order valence-corrected chi connectivity index (χ4v) is 4.54. The van der Waals surface area contributed by atoms with E-state index in [2.05, 4.69) is 4.98 Å². The first-order valence-electron chi connectivity index (χ1n) is 7.28. The van der Waals surface area contributed by atoms with Gasteiger partial charge in [0.2, 0.25) is 0 Å². The second kappa shape index (κ2) is 6.46. The molecule has 8 heteroatoms. The molecule has 0 amide bonds. The predicted molar refractivity (Wildman–Crippen MR) is 107 cm³/mol. The van der Waals surface area contributed by atoms with Crippen LogP contribution in [0.1, 0.15) is 5.01 Å². The Hall–Kier alpha value is -1.86. The van der Waals surface area contributed by atoms with Gasteiger partial charge in [-0.1, -0.05) is 29.3 Å². The zero-order valence-electron chi connectivity index (χ0n) is 12.7. The SMILES string of the molecule is N=C1C(c2nc(-c3cccs3)cs2)=C(O)CN1c1ccc(Cl)c(Cl)c1. The van der Waals surface area contributed by atoms with E-state index in [1.54, 1.807) is 34.4 Å². The molecule has 3 heterocycles. The largest absolute Gasteiger partial charge is 0.510 e. The van der Waals surface area contributed by atoms with E-state index in [-0.39, 0.29) is 18.1 Å². The highest BCUT2D eigenvalue weighted by molar-refractivity contribution is 7.14. The number of benzene rings is 1. The van der Waals surface area contributed by atoms with Crippen LogP contribution in [0.3, 0.4) is 0 Å². The molecule has 4 rings (SSSR count). The van der Waals surface area contributed by atoms with Crippen molar-refractivity contribution in [3.63, 3.8) is 0 Å². The molecule has 1 aliphatic heterocycles. The minimum absolute atomic E-state index is 0.128. The van der Waals surface area contributed by atoms with E-state index in [4.69, 9.17) is 28.6 Å². The van der Waals surface area contributed by atoms with Crippen molar-refractivity contribution in [2.24, 2.45) is 0 Å². The molecule has 25 heavy (non-hydrogen) atoms. The first-order valence-corrected chi connectivity index (χ1v) is 9.79. The Balaban J connectivity index is 1.66. The van der Waals surface area contributed by atoms with Crippen LogP contribution in [0.5, 0.6) is 0 Å². The average molecular weight is 408 g/mol. The van der Waals surface area contributed by atoms with Crippen LogP contribution in [0.15, 0.2) is 46.9 Å². The molecule has 0 atom stereocenters. The van der Waals surface area contributed by atoms with Gasteiger partial charge in [0.05, 0.1) is 32.7 Å². The highest BCUT2D eigenvalue weighted by Crippen LogP contribution is 2.36.